The van der Waals surface area contributed by atoms with Crippen LogP contribution in [0.3, 0.4) is 0 Å². The smallest absolute Gasteiger partial charge is 0.355 e. The van der Waals surface area contributed by atoms with Gasteiger partial charge in [0.2, 0.25) is 5.91 Å². The van der Waals surface area contributed by atoms with Crippen molar-refractivity contribution in [3.05, 3.63) is 59.8 Å². The maximum atomic E-state index is 12.6. The van der Waals surface area contributed by atoms with Crippen molar-refractivity contribution < 1.29 is 19.1 Å². The molecular formula is C19H21N3O4S. The number of nitrogens with two attached hydrogens (primary N) is 1. The van der Waals surface area contributed by atoms with Gasteiger partial charge in [-0.3, -0.25) is 14.5 Å². The molecule has 1 saturated heterocycles. The van der Waals surface area contributed by atoms with Crippen LogP contribution in [0.5, 0.6) is 0 Å². The molecule has 0 bridgehead atoms. The number of rotatable bonds is 7. The van der Waals surface area contributed by atoms with Crippen LogP contribution in [0.4, 0.5) is 0 Å². The summed E-state index contributed by atoms with van der Waals surface area (Å²) in [4.78, 5) is 38.7. The summed E-state index contributed by atoms with van der Waals surface area (Å²) in [6, 6.07) is 8.65. The van der Waals surface area contributed by atoms with Crippen molar-refractivity contribution >= 4 is 29.5 Å². The van der Waals surface area contributed by atoms with Crippen LogP contribution in [0, 0.1) is 0 Å². The van der Waals surface area contributed by atoms with E-state index in [0.29, 0.717) is 11.3 Å². The van der Waals surface area contributed by atoms with E-state index in [0.717, 1.165) is 5.56 Å². The van der Waals surface area contributed by atoms with E-state index in [9.17, 15) is 14.4 Å². The summed E-state index contributed by atoms with van der Waals surface area (Å²) in [5.41, 5.74) is 7.08. The fourth-order valence-electron chi connectivity index (χ4n) is 3.01. The Balaban J connectivity index is 1.69. The van der Waals surface area contributed by atoms with Crippen LogP contribution in [0.25, 0.3) is 0 Å². The zero-order chi connectivity index (χ0) is 19.4. The van der Waals surface area contributed by atoms with E-state index >= 15 is 0 Å². The second-order valence-corrected chi connectivity index (χ2v) is 7.22. The van der Waals surface area contributed by atoms with Gasteiger partial charge in [0.05, 0.1) is 6.42 Å². The van der Waals surface area contributed by atoms with Gasteiger partial charge < -0.3 is 15.8 Å². The number of thioether (sulfide) groups is 1. The lowest BCUT2D eigenvalue weighted by Crippen LogP contribution is -2.70. The molecule has 0 radical (unpaired) electrons. The maximum absolute atomic E-state index is 12.6. The Labute approximate surface area is 161 Å². The number of β-lactam (4-membered cyclic amide) rings is 1. The zero-order valence-electron chi connectivity index (χ0n) is 14.7. The number of ether oxygens (including phenoxy) is 1. The van der Waals surface area contributed by atoms with Crippen molar-refractivity contribution in [1.29, 1.82) is 0 Å². The first kappa shape index (κ1) is 19.2. The average Bonchev–Trinajstić information content (AvgIpc) is 2.69. The third-order valence-corrected chi connectivity index (χ3v) is 5.61. The lowest BCUT2D eigenvalue weighted by Gasteiger charge is -2.49. The summed E-state index contributed by atoms with van der Waals surface area (Å²) in [7, 11) is 0. The second kappa shape index (κ2) is 8.41. The fraction of sp³-hybridized carbons (Fsp3) is 0.316. The summed E-state index contributed by atoms with van der Waals surface area (Å²) in [6.45, 7) is 3.98. The van der Waals surface area contributed by atoms with Crippen molar-refractivity contribution in [2.24, 2.45) is 5.73 Å². The van der Waals surface area contributed by atoms with E-state index in [2.05, 4.69) is 11.9 Å². The number of allylic oxidation sites excluding steroid dienone is 1. The van der Waals surface area contributed by atoms with E-state index in [1.54, 1.807) is 6.08 Å². The fourth-order valence-corrected chi connectivity index (χ4v) is 4.35. The van der Waals surface area contributed by atoms with Gasteiger partial charge in [-0.05, 0) is 11.1 Å². The molecule has 2 amide bonds. The van der Waals surface area contributed by atoms with Gasteiger partial charge in [0.15, 0.2) is 0 Å². The molecule has 8 heteroatoms. The second-order valence-electron chi connectivity index (χ2n) is 6.12. The third-order valence-electron chi connectivity index (χ3n) is 4.31. The normalized spacial score (nSPS) is 21.2. The molecule has 2 aliphatic rings. The van der Waals surface area contributed by atoms with Crippen LogP contribution < -0.4 is 11.1 Å². The molecule has 1 unspecified atom stereocenters. The summed E-state index contributed by atoms with van der Waals surface area (Å²) in [5, 5.41) is 2.45. The molecule has 27 heavy (non-hydrogen) atoms. The highest BCUT2D eigenvalue weighted by Crippen LogP contribution is 2.40. The van der Waals surface area contributed by atoms with Crippen LogP contribution in [-0.4, -0.2) is 53.0 Å². The molecule has 1 aromatic carbocycles. The standard InChI is InChI=1S/C19H21N3O4S/c1-2-13-11-27-18-15(21-14(23)10-12-6-4-3-5-7-12)17(24)22(18)16(13)19(25)26-9-8-20/h2-7,15,18H,1,8-11,20H2,(H,21,23)/t15?,18-/m0/s1. The van der Waals surface area contributed by atoms with Crippen molar-refractivity contribution in [2.75, 3.05) is 18.9 Å². The van der Waals surface area contributed by atoms with Crippen LogP contribution in [-0.2, 0) is 25.5 Å². The van der Waals surface area contributed by atoms with E-state index in [-0.39, 0.29) is 42.5 Å². The van der Waals surface area contributed by atoms with Crippen molar-refractivity contribution in [1.82, 2.24) is 10.2 Å². The summed E-state index contributed by atoms with van der Waals surface area (Å²) in [6.07, 6.45) is 1.75. The lowest BCUT2D eigenvalue weighted by atomic mass is 10.0. The Morgan fingerprint density at radius 3 is 2.78 bits per heavy atom. The molecule has 3 N–H and O–H groups in total. The molecule has 2 atom stereocenters. The molecule has 0 aromatic heterocycles. The molecule has 1 aromatic rings. The van der Waals surface area contributed by atoms with E-state index in [4.69, 9.17) is 10.5 Å². The summed E-state index contributed by atoms with van der Waals surface area (Å²) < 4.78 is 5.10. The number of benzene rings is 1. The predicted octanol–water partition coefficient (Wildman–Crippen LogP) is 0.571. The minimum absolute atomic E-state index is 0.0733. The van der Waals surface area contributed by atoms with Gasteiger partial charge in [0.25, 0.3) is 5.91 Å². The number of carbonyl (C=O) groups is 3. The van der Waals surface area contributed by atoms with E-state index in [1.807, 2.05) is 30.3 Å². The topological polar surface area (TPSA) is 102 Å². The van der Waals surface area contributed by atoms with Crippen molar-refractivity contribution in [3.8, 4) is 0 Å². The Morgan fingerprint density at radius 1 is 1.37 bits per heavy atom. The molecule has 0 spiro atoms. The third kappa shape index (κ3) is 3.91. The van der Waals surface area contributed by atoms with Gasteiger partial charge in [0, 0.05) is 12.3 Å². The monoisotopic (exact) mass is 387 g/mol. The number of amides is 2. The molecular weight excluding hydrogens is 366 g/mol. The van der Waals surface area contributed by atoms with Crippen molar-refractivity contribution in [2.45, 2.75) is 17.8 Å². The first-order chi connectivity index (χ1) is 13.1. The van der Waals surface area contributed by atoms with E-state index < -0.39 is 12.0 Å². The van der Waals surface area contributed by atoms with Crippen molar-refractivity contribution in [3.63, 3.8) is 0 Å². The minimum Gasteiger partial charge on any atom is -0.460 e. The van der Waals surface area contributed by atoms with Gasteiger partial charge in [-0.2, -0.15) is 0 Å². The molecule has 0 aliphatic carbocycles. The molecule has 7 nitrogen and oxygen atoms in total. The highest BCUT2D eigenvalue weighted by molar-refractivity contribution is 8.00. The first-order valence-corrected chi connectivity index (χ1v) is 9.62. The number of hydrogen-bond donors (Lipinski definition) is 2. The highest BCUT2D eigenvalue weighted by Gasteiger charge is 2.54. The molecule has 3 rings (SSSR count). The van der Waals surface area contributed by atoms with Gasteiger partial charge in [-0.25, -0.2) is 4.79 Å². The Morgan fingerprint density at radius 2 is 2.11 bits per heavy atom. The van der Waals surface area contributed by atoms with Gasteiger partial charge in [0.1, 0.15) is 23.7 Å². The Bertz CT molecular complexity index is 793. The number of nitrogens with zero attached hydrogens (tertiary/aromatic N) is 1. The van der Waals surface area contributed by atoms with Crippen LogP contribution in [0.1, 0.15) is 5.56 Å². The van der Waals surface area contributed by atoms with E-state index in [1.165, 1.54) is 16.7 Å². The number of fused-ring (bicyclic) bond motifs is 1. The Kier molecular flexibility index (Phi) is 5.98. The average molecular weight is 387 g/mol. The van der Waals surface area contributed by atoms with Gasteiger partial charge >= 0.3 is 5.97 Å². The number of carbonyl (C=O) groups excluding carboxylic acids is 3. The SMILES string of the molecule is C=CC1=C(C(=O)OCCN)N2C(=O)C(NC(=O)Cc3ccccc3)[C@@H]2SC1. The van der Waals surface area contributed by atoms with Crippen LogP contribution >= 0.6 is 11.8 Å². The van der Waals surface area contributed by atoms with Crippen LogP contribution in [0.15, 0.2) is 54.3 Å². The molecule has 0 saturated carbocycles. The lowest BCUT2D eigenvalue weighted by molar-refractivity contribution is -0.152. The van der Waals surface area contributed by atoms with Crippen LogP contribution in [0.2, 0.25) is 0 Å². The minimum atomic E-state index is -0.658. The maximum Gasteiger partial charge on any atom is 0.355 e. The zero-order valence-corrected chi connectivity index (χ0v) is 15.5. The highest BCUT2D eigenvalue weighted by atomic mass is 32.2. The first-order valence-electron chi connectivity index (χ1n) is 8.57. The quantitative estimate of drug-likeness (QED) is 0.524. The number of nitrogens with one attached hydrogen (secondary N) is 1. The molecule has 142 valence electrons. The molecule has 1 fully saturated rings. The largest absolute Gasteiger partial charge is 0.460 e. The summed E-state index contributed by atoms with van der Waals surface area (Å²) in [5.74, 6) is -0.642. The Hall–Kier alpha value is -2.58. The molecule has 2 heterocycles. The predicted molar refractivity (Wildman–Crippen MR) is 102 cm³/mol. The van der Waals surface area contributed by atoms with Gasteiger partial charge in [-0.1, -0.05) is 43.0 Å². The number of hydrogen-bond acceptors (Lipinski definition) is 6. The molecule has 2 aliphatic heterocycles. The number of esters is 1. The summed E-state index contributed by atoms with van der Waals surface area (Å²) >= 11 is 1.48. The van der Waals surface area contributed by atoms with Gasteiger partial charge in [-0.15, -0.1) is 11.8 Å².